The Labute approximate surface area is 118 Å². The number of nitrogen functional groups attached to an aromatic ring is 1. The molecule has 2 N–H and O–H groups in total. The second kappa shape index (κ2) is 7.57. The van der Waals surface area contributed by atoms with Gasteiger partial charge in [-0.25, -0.2) is 0 Å². The van der Waals surface area contributed by atoms with Crippen LogP contribution in [0.25, 0.3) is 0 Å². The van der Waals surface area contributed by atoms with Gasteiger partial charge in [0.1, 0.15) is 0 Å². The van der Waals surface area contributed by atoms with E-state index in [4.69, 9.17) is 5.73 Å². The van der Waals surface area contributed by atoms with Gasteiger partial charge in [-0.3, -0.25) is 0 Å². The van der Waals surface area contributed by atoms with E-state index in [-0.39, 0.29) is 0 Å². The summed E-state index contributed by atoms with van der Waals surface area (Å²) >= 11 is 0. The van der Waals surface area contributed by atoms with Gasteiger partial charge in [-0.05, 0) is 48.8 Å². The first kappa shape index (κ1) is 14.4. The first-order chi connectivity index (χ1) is 9.33. The minimum atomic E-state index is 0.776. The van der Waals surface area contributed by atoms with E-state index < -0.39 is 0 Å². The van der Waals surface area contributed by atoms with Crippen molar-refractivity contribution in [1.82, 2.24) is 0 Å². The van der Waals surface area contributed by atoms with E-state index in [0.29, 0.717) is 0 Å². The second-order valence-electron chi connectivity index (χ2n) is 6.06. The summed E-state index contributed by atoms with van der Waals surface area (Å²) in [6.45, 7) is 2.28. The molecule has 0 aliphatic heterocycles. The van der Waals surface area contributed by atoms with E-state index in [2.05, 4.69) is 25.1 Å². The second-order valence-corrected chi connectivity index (χ2v) is 6.06. The summed E-state index contributed by atoms with van der Waals surface area (Å²) in [4.78, 5) is 0. The highest BCUT2D eigenvalue weighted by molar-refractivity contribution is 5.53. The minimum absolute atomic E-state index is 0.776. The molecule has 0 radical (unpaired) electrons. The Morgan fingerprint density at radius 3 is 2.74 bits per heavy atom. The van der Waals surface area contributed by atoms with Gasteiger partial charge in [0.15, 0.2) is 0 Å². The van der Waals surface area contributed by atoms with Crippen LogP contribution in [0.4, 0.5) is 5.69 Å². The van der Waals surface area contributed by atoms with Gasteiger partial charge in [0.2, 0.25) is 0 Å². The van der Waals surface area contributed by atoms with Crippen LogP contribution in [-0.2, 0) is 6.42 Å². The molecule has 2 rings (SSSR count). The molecule has 0 aromatic heterocycles. The predicted molar refractivity (Wildman–Crippen MR) is 84.5 cm³/mol. The fourth-order valence-electron chi connectivity index (χ4n) is 3.45. The molecule has 0 bridgehead atoms. The molecule has 0 saturated heterocycles. The van der Waals surface area contributed by atoms with Crippen molar-refractivity contribution >= 4 is 5.69 Å². The third-order valence-corrected chi connectivity index (χ3v) is 4.57. The maximum Gasteiger partial charge on any atom is 0.0349 e. The highest BCUT2D eigenvalue weighted by atomic mass is 14.6. The summed E-state index contributed by atoms with van der Waals surface area (Å²) in [5, 5.41) is 0. The highest BCUT2D eigenvalue weighted by Crippen LogP contribution is 2.37. The van der Waals surface area contributed by atoms with Crippen molar-refractivity contribution in [3.63, 3.8) is 0 Å². The molecule has 1 aromatic rings. The predicted octanol–water partition coefficient (Wildman–Crippen LogP) is 5.44. The Morgan fingerprint density at radius 2 is 1.89 bits per heavy atom. The van der Waals surface area contributed by atoms with Crippen molar-refractivity contribution in [1.29, 1.82) is 0 Å². The van der Waals surface area contributed by atoms with Crippen molar-refractivity contribution in [3.8, 4) is 0 Å². The largest absolute Gasteiger partial charge is 0.398 e. The average Bonchev–Trinajstić information content (AvgIpc) is 2.43. The third-order valence-electron chi connectivity index (χ3n) is 4.57. The average molecular weight is 259 g/mol. The Kier molecular flexibility index (Phi) is 5.75. The van der Waals surface area contributed by atoms with Crippen LogP contribution in [0.3, 0.4) is 0 Å². The molecule has 1 unspecified atom stereocenters. The van der Waals surface area contributed by atoms with Gasteiger partial charge in [0.25, 0.3) is 0 Å². The molecule has 1 aliphatic carbocycles. The lowest BCUT2D eigenvalue weighted by Gasteiger charge is -2.26. The summed E-state index contributed by atoms with van der Waals surface area (Å²) in [5.74, 6) is 0.776. The van der Waals surface area contributed by atoms with Crippen LogP contribution >= 0.6 is 0 Å². The molecule has 0 amide bonds. The molecular weight excluding hydrogens is 230 g/mol. The molecule has 0 heterocycles. The quantitative estimate of drug-likeness (QED) is 0.512. The number of hydrogen-bond donors (Lipinski definition) is 1. The smallest absolute Gasteiger partial charge is 0.0349 e. The zero-order valence-corrected chi connectivity index (χ0v) is 12.5. The molecule has 0 fully saturated rings. The Bertz CT molecular complexity index is 383. The van der Waals surface area contributed by atoms with Gasteiger partial charge in [-0.1, -0.05) is 57.6 Å². The van der Waals surface area contributed by atoms with Gasteiger partial charge in [-0.15, -0.1) is 0 Å². The molecule has 1 aliphatic rings. The van der Waals surface area contributed by atoms with E-state index in [1.54, 1.807) is 5.56 Å². The standard InChI is InChI=1S/C18H29N/c1-2-3-4-5-6-7-10-15-11-8-13-17-16(15)12-9-14-18(17)19/h9,12,14-15H,2-8,10-11,13,19H2,1H3. The number of nitrogens with two attached hydrogens (primary N) is 1. The lowest BCUT2D eigenvalue weighted by atomic mass is 9.79. The number of unbranched alkanes of at least 4 members (excludes halogenated alkanes) is 5. The zero-order chi connectivity index (χ0) is 13.5. The SMILES string of the molecule is CCCCCCCCC1CCCc2c(N)cccc21. The molecular formula is C18H29N. The topological polar surface area (TPSA) is 26.0 Å². The van der Waals surface area contributed by atoms with Crippen molar-refractivity contribution in [2.75, 3.05) is 5.73 Å². The Balaban J connectivity index is 1.81. The van der Waals surface area contributed by atoms with Crippen LogP contribution in [0.2, 0.25) is 0 Å². The summed E-state index contributed by atoms with van der Waals surface area (Å²) in [5.41, 5.74) is 10.1. The fraction of sp³-hybridized carbons (Fsp3) is 0.667. The van der Waals surface area contributed by atoms with Crippen LogP contribution in [-0.4, -0.2) is 0 Å². The highest BCUT2D eigenvalue weighted by Gasteiger charge is 2.20. The lowest BCUT2D eigenvalue weighted by molar-refractivity contribution is 0.484. The molecule has 106 valence electrons. The van der Waals surface area contributed by atoms with E-state index in [9.17, 15) is 0 Å². The zero-order valence-electron chi connectivity index (χ0n) is 12.5. The maximum absolute atomic E-state index is 6.11. The van der Waals surface area contributed by atoms with Crippen molar-refractivity contribution < 1.29 is 0 Å². The van der Waals surface area contributed by atoms with Gasteiger partial charge in [0, 0.05) is 5.69 Å². The van der Waals surface area contributed by atoms with Crippen molar-refractivity contribution in [2.45, 2.75) is 77.0 Å². The molecule has 1 nitrogen and oxygen atoms in total. The van der Waals surface area contributed by atoms with Crippen LogP contribution in [0.1, 0.15) is 81.8 Å². The summed E-state index contributed by atoms with van der Waals surface area (Å²) in [6, 6.07) is 6.51. The third kappa shape index (κ3) is 3.99. The lowest BCUT2D eigenvalue weighted by Crippen LogP contribution is -2.11. The van der Waals surface area contributed by atoms with Crippen molar-refractivity contribution in [2.24, 2.45) is 0 Å². The van der Waals surface area contributed by atoms with Crippen LogP contribution < -0.4 is 5.73 Å². The summed E-state index contributed by atoms with van der Waals surface area (Å²) < 4.78 is 0. The van der Waals surface area contributed by atoms with Gasteiger partial charge in [-0.2, -0.15) is 0 Å². The van der Waals surface area contributed by atoms with E-state index >= 15 is 0 Å². The number of hydrogen-bond acceptors (Lipinski definition) is 1. The monoisotopic (exact) mass is 259 g/mol. The molecule has 0 saturated carbocycles. The summed E-state index contributed by atoms with van der Waals surface area (Å²) in [6.07, 6.45) is 13.6. The van der Waals surface area contributed by atoms with Crippen LogP contribution in [0.5, 0.6) is 0 Å². The maximum atomic E-state index is 6.11. The fourth-order valence-corrected chi connectivity index (χ4v) is 3.45. The first-order valence-electron chi connectivity index (χ1n) is 8.20. The summed E-state index contributed by atoms with van der Waals surface area (Å²) in [7, 11) is 0. The normalized spacial score (nSPS) is 18.3. The molecule has 0 spiro atoms. The molecule has 1 aromatic carbocycles. The van der Waals surface area contributed by atoms with Crippen LogP contribution in [0.15, 0.2) is 18.2 Å². The van der Waals surface area contributed by atoms with Crippen LogP contribution in [0, 0.1) is 0 Å². The molecule has 1 atom stereocenters. The van der Waals surface area contributed by atoms with E-state index in [0.717, 1.165) is 11.6 Å². The van der Waals surface area contributed by atoms with Gasteiger partial charge in [0.05, 0.1) is 0 Å². The van der Waals surface area contributed by atoms with Gasteiger partial charge >= 0.3 is 0 Å². The number of anilines is 1. The minimum Gasteiger partial charge on any atom is -0.398 e. The number of rotatable bonds is 7. The van der Waals surface area contributed by atoms with E-state index in [1.807, 2.05) is 0 Å². The number of fused-ring (bicyclic) bond motifs is 1. The Morgan fingerprint density at radius 1 is 1.11 bits per heavy atom. The first-order valence-corrected chi connectivity index (χ1v) is 8.20. The van der Waals surface area contributed by atoms with Gasteiger partial charge < -0.3 is 5.73 Å². The molecule has 1 heteroatoms. The van der Waals surface area contributed by atoms with Crippen molar-refractivity contribution in [3.05, 3.63) is 29.3 Å². The molecule has 19 heavy (non-hydrogen) atoms. The Hall–Kier alpha value is -0.980. The number of benzene rings is 1. The van der Waals surface area contributed by atoms with E-state index in [1.165, 1.54) is 69.8 Å².